The lowest BCUT2D eigenvalue weighted by molar-refractivity contribution is -0.159. The third-order valence-electron chi connectivity index (χ3n) is 4.68. The lowest BCUT2D eigenvalue weighted by Gasteiger charge is -2.22. The number of rotatable bonds is 6. The maximum atomic E-state index is 13.2. The van der Waals surface area contributed by atoms with E-state index in [9.17, 15) is 18.0 Å². The Hall–Kier alpha value is -2.14. The molecule has 1 saturated heterocycles. The van der Waals surface area contributed by atoms with Gasteiger partial charge in [0.1, 0.15) is 6.04 Å². The Bertz CT molecular complexity index is 1030. The number of hydrogen-bond donors (Lipinski definition) is 3. The Morgan fingerprint density at radius 2 is 1.86 bits per heavy atom. The molecular weight excluding hydrogens is 414 g/mol. The molecule has 2 N–H and O–H groups in total. The van der Waals surface area contributed by atoms with Gasteiger partial charge in [-0.3, -0.25) is 10.2 Å². The second-order valence-corrected chi connectivity index (χ2v) is 9.78. The van der Waals surface area contributed by atoms with Gasteiger partial charge in [0.15, 0.2) is 0 Å². The summed E-state index contributed by atoms with van der Waals surface area (Å²) < 4.78 is 27.5. The van der Waals surface area contributed by atoms with Crippen LogP contribution in [0.1, 0.15) is 20.3 Å². The number of carbonyl (C=O) groups excluding carboxylic acids is 2. The van der Waals surface area contributed by atoms with E-state index in [0.717, 1.165) is 15.1 Å². The molecule has 0 saturated carbocycles. The number of hydrogen-bond acceptors (Lipinski definition) is 7. The molecule has 0 aliphatic carbocycles. The summed E-state index contributed by atoms with van der Waals surface area (Å²) in [4.78, 5) is 29.0. The maximum Gasteiger partial charge on any atom is 0.345 e. The predicted molar refractivity (Wildman–Crippen MR) is 111 cm³/mol. The second kappa shape index (κ2) is 8.70. The summed E-state index contributed by atoms with van der Waals surface area (Å²) in [5.41, 5.74) is 4.33. The highest BCUT2D eigenvalue weighted by atomic mass is 32.2. The molecule has 1 fully saturated rings. The first-order valence-corrected chi connectivity index (χ1v) is 11.1. The van der Waals surface area contributed by atoms with Gasteiger partial charge in [0.05, 0.1) is 4.90 Å². The molecule has 1 heterocycles. The molecule has 29 heavy (non-hydrogen) atoms. The first-order chi connectivity index (χ1) is 13.7. The van der Waals surface area contributed by atoms with Crippen molar-refractivity contribution in [2.75, 3.05) is 6.54 Å². The van der Waals surface area contributed by atoms with Crippen LogP contribution in [-0.4, -0.2) is 42.4 Å². The molecule has 1 aliphatic heterocycles. The van der Waals surface area contributed by atoms with E-state index in [2.05, 4.69) is 23.6 Å². The van der Waals surface area contributed by atoms with Gasteiger partial charge in [-0.1, -0.05) is 49.8 Å². The number of thiol groups is 1. The SMILES string of the molecule is CC(C)C(=O)NNOC(=O)[C@@H]1C[C@@H](S)CN1S(=O)(=O)c1ccc2ccccc2c1. The van der Waals surface area contributed by atoms with Gasteiger partial charge >= 0.3 is 5.97 Å². The summed E-state index contributed by atoms with van der Waals surface area (Å²) in [5.74, 6) is -1.48. The fraction of sp³-hybridized carbons (Fsp3) is 0.368. The third-order valence-corrected chi connectivity index (χ3v) is 6.93. The number of amides is 1. The van der Waals surface area contributed by atoms with Crippen molar-refractivity contribution in [2.45, 2.75) is 36.5 Å². The molecule has 0 aromatic heterocycles. The van der Waals surface area contributed by atoms with Crippen LogP contribution in [0.5, 0.6) is 0 Å². The Morgan fingerprint density at radius 1 is 1.17 bits per heavy atom. The summed E-state index contributed by atoms with van der Waals surface area (Å²) in [7, 11) is -3.94. The molecule has 2 aromatic carbocycles. The van der Waals surface area contributed by atoms with Gasteiger partial charge in [-0.25, -0.2) is 13.2 Å². The molecule has 156 valence electrons. The van der Waals surface area contributed by atoms with Crippen LogP contribution in [0, 0.1) is 5.92 Å². The summed E-state index contributed by atoms with van der Waals surface area (Å²) in [5, 5.41) is 1.39. The van der Waals surface area contributed by atoms with Crippen molar-refractivity contribution < 1.29 is 22.8 Å². The topological polar surface area (TPSA) is 105 Å². The molecule has 2 atom stereocenters. The molecule has 8 nitrogen and oxygen atoms in total. The van der Waals surface area contributed by atoms with Gasteiger partial charge in [0, 0.05) is 17.7 Å². The van der Waals surface area contributed by atoms with Gasteiger partial charge in [0.2, 0.25) is 15.9 Å². The van der Waals surface area contributed by atoms with E-state index in [-0.39, 0.29) is 34.9 Å². The normalized spacial score (nSPS) is 20.1. The average Bonchev–Trinajstić information content (AvgIpc) is 3.10. The number of benzene rings is 2. The highest BCUT2D eigenvalue weighted by Gasteiger charge is 2.44. The van der Waals surface area contributed by atoms with Gasteiger partial charge in [-0.05, 0) is 29.3 Å². The van der Waals surface area contributed by atoms with Crippen LogP contribution in [0.2, 0.25) is 0 Å². The van der Waals surface area contributed by atoms with Gasteiger partial charge in [0.25, 0.3) is 0 Å². The first kappa shape index (κ1) is 21.6. The number of carbonyl (C=O) groups is 2. The molecule has 2 aromatic rings. The van der Waals surface area contributed by atoms with Crippen molar-refractivity contribution in [3.05, 3.63) is 42.5 Å². The fourth-order valence-electron chi connectivity index (χ4n) is 3.07. The highest BCUT2D eigenvalue weighted by molar-refractivity contribution is 7.89. The van der Waals surface area contributed by atoms with Crippen LogP contribution in [0.4, 0.5) is 0 Å². The molecule has 1 amide bonds. The fourth-order valence-corrected chi connectivity index (χ4v) is 5.22. The van der Waals surface area contributed by atoms with Gasteiger partial charge in [-0.15, -0.1) is 0 Å². The minimum absolute atomic E-state index is 0.0798. The predicted octanol–water partition coefficient (Wildman–Crippen LogP) is 1.64. The van der Waals surface area contributed by atoms with E-state index in [1.165, 1.54) is 6.07 Å². The van der Waals surface area contributed by atoms with Crippen molar-refractivity contribution >= 4 is 45.3 Å². The zero-order valence-corrected chi connectivity index (χ0v) is 17.7. The van der Waals surface area contributed by atoms with E-state index in [1.807, 2.05) is 24.3 Å². The molecule has 0 spiro atoms. The van der Waals surface area contributed by atoms with Crippen LogP contribution in [0.3, 0.4) is 0 Å². The molecule has 0 unspecified atom stereocenters. The Balaban J connectivity index is 1.79. The van der Waals surface area contributed by atoms with E-state index in [4.69, 9.17) is 4.84 Å². The smallest absolute Gasteiger partial charge is 0.345 e. The Morgan fingerprint density at radius 3 is 2.55 bits per heavy atom. The molecular formula is C19H23N3O5S2. The summed E-state index contributed by atoms with van der Waals surface area (Å²) in [6, 6.07) is 11.2. The zero-order valence-electron chi connectivity index (χ0n) is 16.0. The number of fused-ring (bicyclic) bond motifs is 1. The molecule has 0 radical (unpaired) electrons. The second-order valence-electron chi connectivity index (χ2n) is 7.16. The van der Waals surface area contributed by atoms with Crippen LogP contribution >= 0.6 is 12.6 Å². The molecule has 0 bridgehead atoms. The number of sulfonamides is 1. The van der Waals surface area contributed by atoms with Crippen LogP contribution < -0.4 is 11.0 Å². The monoisotopic (exact) mass is 437 g/mol. The van der Waals surface area contributed by atoms with Crippen molar-refractivity contribution in [1.82, 2.24) is 15.3 Å². The van der Waals surface area contributed by atoms with E-state index in [1.54, 1.807) is 26.0 Å². The van der Waals surface area contributed by atoms with E-state index >= 15 is 0 Å². The zero-order chi connectivity index (χ0) is 21.2. The van der Waals surface area contributed by atoms with E-state index in [0.29, 0.717) is 0 Å². The molecule has 1 aliphatic rings. The third kappa shape index (κ3) is 4.72. The molecule has 10 heteroatoms. The summed E-state index contributed by atoms with van der Waals surface area (Å²) in [6.07, 6.45) is 0.203. The molecule has 3 rings (SSSR count). The van der Waals surface area contributed by atoms with Crippen molar-refractivity contribution in [3.63, 3.8) is 0 Å². The lowest BCUT2D eigenvalue weighted by atomic mass is 10.1. The first-order valence-electron chi connectivity index (χ1n) is 9.14. The van der Waals surface area contributed by atoms with Crippen LogP contribution in [-0.2, 0) is 24.4 Å². The number of hydrazine groups is 1. The summed E-state index contributed by atoms with van der Waals surface area (Å²) >= 11 is 4.36. The Kier molecular flexibility index (Phi) is 6.47. The Labute approximate surface area is 175 Å². The standard InChI is InChI=1S/C19H23N3O5S2/c1-12(2)18(23)20-21-27-19(24)17-10-15(28)11-22(17)29(25,26)16-8-7-13-5-3-4-6-14(13)9-16/h3-9,12,15,17,21,28H,10-11H2,1-2H3,(H,20,23)/t15-,17+/m1/s1. The minimum atomic E-state index is -3.94. The summed E-state index contributed by atoms with van der Waals surface area (Å²) in [6.45, 7) is 3.44. The van der Waals surface area contributed by atoms with Crippen molar-refractivity contribution in [3.8, 4) is 0 Å². The van der Waals surface area contributed by atoms with E-state index < -0.39 is 22.0 Å². The number of nitrogens with one attached hydrogen (secondary N) is 2. The van der Waals surface area contributed by atoms with Crippen molar-refractivity contribution in [2.24, 2.45) is 5.92 Å². The van der Waals surface area contributed by atoms with Gasteiger partial charge in [-0.2, -0.15) is 16.9 Å². The van der Waals surface area contributed by atoms with Crippen LogP contribution in [0.15, 0.2) is 47.4 Å². The average molecular weight is 438 g/mol. The maximum absolute atomic E-state index is 13.2. The minimum Gasteiger partial charge on any atom is -0.349 e. The van der Waals surface area contributed by atoms with Crippen LogP contribution in [0.25, 0.3) is 10.8 Å². The number of nitrogens with zero attached hydrogens (tertiary/aromatic N) is 1. The highest BCUT2D eigenvalue weighted by Crippen LogP contribution is 2.30. The quantitative estimate of drug-likeness (QED) is 0.469. The largest absolute Gasteiger partial charge is 0.349 e. The van der Waals surface area contributed by atoms with Crippen molar-refractivity contribution in [1.29, 1.82) is 0 Å². The van der Waals surface area contributed by atoms with Gasteiger partial charge < -0.3 is 4.84 Å². The lowest BCUT2D eigenvalue weighted by Crippen LogP contribution is -2.47.